The molecule has 0 saturated heterocycles. The minimum atomic E-state index is -4.57. The Balaban J connectivity index is 1.77. The van der Waals surface area contributed by atoms with Gasteiger partial charge in [0, 0.05) is 23.7 Å². The summed E-state index contributed by atoms with van der Waals surface area (Å²) in [5.74, 6) is -0.380. The molecule has 10 heteroatoms. The van der Waals surface area contributed by atoms with Crippen LogP contribution in [0.25, 0.3) is 0 Å². The van der Waals surface area contributed by atoms with E-state index in [1.807, 2.05) is 25.5 Å². The van der Waals surface area contributed by atoms with Gasteiger partial charge in [0.1, 0.15) is 6.54 Å². The number of halogens is 4. The van der Waals surface area contributed by atoms with Crippen molar-refractivity contribution in [1.82, 2.24) is 24.9 Å². The summed E-state index contributed by atoms with van der Waals surface area (Å²) in [6, 6.07) is -0.303. The summed E-state index contributed by atoms with van der Waals surface area (Å²) in [7, 11) is 0. The van der Waals surface area contributed by atoms with Gasteiger partial charge < -0.3 is 5.32 Å². The van der Waals surface area contributed by atoms with Crippen molar-refractivity contribution in [2.45, 2.75) is 64.8 Å². The SMILES string of the molecule is CCn1ncc(C(C)NC(=O)Cn2nc(C(F)(F)F)c(Br)c2C2CC2)c1C. The molecule has 1 saturated carbocycles. The minimum absolute atomic E-state index is 0.0122. The fourth-order valence-corrected chi connectivity index (χ4v) is 4.04. The van der Waals surface area contributed by atoms with Crippen LogP contribution in [0.4, 0.5) is 13.2 Å². The maximum absolute atomic E-state index is 13.2. The number of alkyl halides is 3. The van der Waals surface area contributed by atoms with Crippen LogP contribution in [0.3, 0.4) is 0 Å². The van der Waals surface area contributed by atoms with E-state index in [-0.39, 0.29) is 23.0 Å². The van der Waals surface area contributed by atoms with Gasteiger partial charge in [0.25, 0.3) is 0 Å². The predicted octanol–water partition coefficient (Wildman–Crippen LogP) is 3.94. The Labute approximate surface area is 163 Å². The van der Waals surface area contributed by atoms with E-state index in [2.05, 4.69) is 31.4 Å². The molecule has 1 amide bonds. The van der Waals surface area contributed by atoms with Crippen LogP contribution in [0.2, 0.25) is 0 Å². The first-order valence-corrected chi connectivity index (χ1v) is 9.57. The van der Waals surface area contributed by atoms with Crippen LogP contribution < -0.4 is 5.32 Å². The van der Waals surface area contributed by atoms with Gasteiger partial charge in [-0.3, -0.25) is 14.2 Å². The molecule has 0 spiro atoms. The second kappa shape index (κ2) is 7.29. The number of carbonyl (C=O) groups excluding carboxylic acids is 1. The molecule has 1 atom stereocenters. The van der Waals surface area contributed by atoms with Crippen LogP contribution >= 0.6 is 15.9 Å². The number of aryl methyl sites for hydroxylation is 1. The number of aromatic nitrogens is 4. The van der Waals surface area contributed by atoms with Gasteiger partial charge in [-0.1, -0.05) is 0 Å². The van der Waals surface area contributed by atoms with Crippen molar-refractivity contribution in [1.29, 1.82) is 0 Å². The molecule has 0 bridgehead atoms. The third-order valence-corrected chi connectivity index (χ3v) is 5.52. The Kier molecular flexibility index (Phi) is 5.38. The maximum atomic E-state index is 13.2. The largest absolute Gasteiger partial charge is 0.436 e. The molecular formula is C17H21BrF3N5O. The van der Waals surface area contributed by atoms with E-state index in [9.17, 15) is 18.0 Å². The van der Waals surface area contributed by atoms with Crippen molar-refractivity contribution >= 4 is 21.8 Å². The maximum Gasteiger partial charge on any atom is 0.436 e. The number of hydrogen-bond acceptors (Lipinski definition) is 3. The van der Waals surface area contributed by atoms with Gasteiger partial charge in [-0.15, -0.1) is 0 Å². The number of nitrogens with one attached hydrogen (secondary N) is 1. The van der Waals surface area contributed by atoms with Crippen LogP contribution in [0, 0.1) is 6.92 Å². The highest BCUT2D eigenvalue weighted by Crippen LogP contribution is 2.46. The lowest BCUT2D eigenvalue weighted by atomic mass is 10.1. The van der Waals surface area contributed by atoms with Gasteiger partial charge in [0.05, 0.1) is 22.4 Å². The Morgan fingerprint density at radius 1 is 1.41 bits per heavy atom. The van der Waals surface area contributed by atoms with E-state index in [0.717, 1.165) is 30.6 Å². The monoisotopic (exact) mass is 447 g/mol. The van der Waals surface area contributed by atoms with Crippen molar-refractivity contribution < 1.29 is 18.0 Å². The Hall–Kier alpha value is -1.84. The summed E-state index contributed by atoms with van der Waals surface area (Å²) in [6.07, 6.45) is -1.26. The second-order valence-corrected chi connectivity index (χ2v) is 7.56. The Morgan fingerprint density at radius 2 is 2.07 bits per heavy atom. The lowest BCUT2D eigenvalue weighted by Crippen LogP contribution is -2.31. The van der Waals surface area contributed by atoms with Crippen molar-refractivity contribution in [3.05, 3.63) is 33.3 Å². The Morgan fingerprint density at radius 3 is 2.59 bits per heavy atom. The fraction of sp³-hybridized carbons (Fsp3) is 0.588. The van der Waals surface area contributed by atoms with Crippen molar-refractivity contribution in [2.75, 3.05) is 0 Å². The van der Waals surface area contributed by atoms with E-state index in [4.69, 9.17) is 0 Å². The molecule has 148 valence electrons. The molecule has 1 unspecified atom stereocenters. The third-order valence-electron chi connectivity index (χ3n) is 4.74. The number of nitrogens with zero attached hydrogens (tertiary/aromatic N) is 4. The molecule has 3 rings (SSSR count). The van der Waals surface area contributed by atoms with E-state index in [0.29, 0.717) is 5.69 Å². The van der Waals surface area contributed by atoms with Gasteiger partial charge in [0.2, 0.25) is 5.91 Å². The molecule has 1 N–H and O–H groups in total. The summed E-state index contributed by atoms with van der Waals surface area (Å²) < 4.78 is 42.4. The highest BCUT2D eigenvalue weighted by molar-refractivity contribution is 9.10. The quantitative estimate of drug-likeness (QED) is 0.728. The number of hydrogen-bond donors (Lipinski definition) is 1. The van der Waals surface area contributed by atoms with Crippen LogP contribution in [-0.4, -0.2) is 25.5 Å². The predicted molar refractivity (Wildman–Crippen MR) is 96.1 cm³/mol. The lowest BCUT2D eigenvalue weighted by molar-refractivity contribution is -0.142. The number of rotatable bonds is 6. The van der Waals surface area contributed by atoms with E-state index < -0.39 is 17.8 Å². The zero-order valence-corrected chi connectivity index (χ0v) is 16.9. The average molecular weight is 448 g/mol. The fourth-order valence-electron chi connectivity index (χ4n) is 3.21. The minimum Gasteiger partial charge on any atom is -0.348 e. The Bertz CT molecular complexity index is 854. The molecule has 0 radical (unpaired) electrons. The van der Waals surface area contributed by atoms with Crippen LogP contribution in [-0.2, 0) is 24.1 Å². The molecule has 1 aliphatic rings. The third kappa shape index (κ3) is 4.04. The molecule has 6 nitrogen and oxygen atoms in total. The first-order chi connectivity index (χ1) is 12.6. The van der Waals surface area contributed by atoms with Crippen molar-refractivity contribution in [3.63, 3.8) is 0 Å². The summed E-state index contributed by atoms with van der Waals surface area (Å²) in [4.78, 5) is 12.5. The van der Waals surface area contributed by atoms with Gasteiger partial charge >= 0.3 is 6.18 Å². The molecule has 1 aliphatic carbocycles. The number of amides is 1. The summed E-state index contributed by atoms with van der Waals surface area (Å²) in [5.41, 5.74) is 1.29. The molecule has 0 aliphatic heterocycles. The molecule has 0 aromatic carbocycles. The molecule has 1 fully saturated rings. The van der Waals surface area contributed by atoms with E-state index in [1.54, 1.807) is 6.20 Å². The normalized spacial score (nSPS) is 15.8. The molecule has 27 heavy (non-hydrogen) atoms. The van der Waals surface area contributed by atoms with Gasteiger partial charge in [-0.05, 0) is 49.5 Å². The van der Waals surface area contributed by atoms with Crippen LogP contribution in [0.15, 0.2) is 10.7 Å². The van der Waals surface area contributed by atoms with Gasteiger partial charge in [-0.25, -0.2) is 0 Å². The lowest BCUT2D eigenvalue weighted by Gasteiger charge is -2.15. The highest BCUT2D eigenvalue weighted by Gasteiger charge is 2.42. The molecule has 2 aromatic heterocycles. The number of carbonyl (C=O) groups is 1. The van der Waals surface area contributed by atoms with Gasteiger partial charge in [-0.2, -0.15) is 23.4 Å². The van der Waals surface area contributed by atoms with E-state index >= 15 is 0 Å². The summed E-state index contributed by atoms with van der Waals surface area (Å²) in [6.45, 7) is 6.18. The molecular weight excluding hydrogens is 427 g/mol. The second-order valence-electron chi connectivity index (χ2n) is 6.77. The van der Waals surface area contributed by atoms with Crippen LogP contribution in [0.5, 0.6) is 0 Å². The van der Waals surface area contributed by atoms with Crippen LogP contribution in [0.1, 0.15) is 61.3 Å². The highest BCUT2D eigenvalue weighted by atomic mass is 79.9. The molecule has 2 heterocycles. The first kappa shape index (κ1) is 19.9. The summed E-state index contributed by atoms with van der Waals surface area (Å²) >= 11 is 3.03. The smallest absolute Gasteiger partial charge is 0.348 e. The zero-order valence-electron chi connectivity index (χ0n) is 15.3. The van der Waals surface area contributed by atoms with Crippen molar-refractivity contribution in [2.24, 2.45) is 0 Å². The van der Waals surface area contributed by atoms with E-state index in [1.165, 1.54) is 4.68 Å². The topological polar surface area (TPSA) is 64.7 Å². The summed E-state index contributed by atoms with van der Waals surface area (Å²) in [5, 5.41) is 10.7. The van der Waals surface area contributed by atoms with Gasteiger partial charge in [0.15, 0.2) is 5.69 Å². The zero-order chi connectivity index (χ0) is 19.9. The van der Waals surface area contributed by atoms with Crippen molar-refractivity contribution in [3.8, 4) is 0 Å². The molecule has 2 aromatic rings. The standard InChI is InChI=1S/C17H21BrF3N5O/c1-4-25-10(3)12(7-22-25)9(2)23-13(27)8-26-15(11-5-6-11)14(18)16(24-26)17(19,20)21/h7,9,11H,4-6,8H2,1-3H3,(H,23,27). The first-order valence-electron chi connectivity index (χ1n) is 8.78. The average Bonchev–Trinajstić information content (AvgIpc) is 3.24.